The van der Waals surface area contributed by atoms with E-state index >= 15 is 0 Å². The highest BCUT2D eigenvalue weighted by Gasteiger charge is 2.50. The maximum Gasteiger partial charge on any atom is 0.317 e. The molecule has 4 heteroatoms. The Balaban J connectivity index is 2.56. The molecule has 1 aliphatic rings. The summed E-state index contributed by atoms with van der Waals surface area (Å²) in [6, 6.07) is 0. The number of carbonyl (C=O) groups is 1. The van der Waals surface area contributed by atoms with Crippen LogP contribution in [0.15, 0.2) is 0 Å². The maximum atomic E-state index is 11.6. The van der Waals surface area contributed by atoms with Crippen LogP contribution in [-0.4, -0.2) is 17.9 Å². The van der Waals surface area contributed by atoms with E-state index in [0.29, 0.717) is 0 Å². The van der Waals surface area contributed by atoms with Crippen molar-refractivity contribution in [1.29, 1.82) is 0 Å². The van der Waals surface area contributed by atoms with E-state index in [9.17, 15) is 4.79 Å². The molecule has 0 saturated carbocycles. The summed E-state index contributed by atoms with van der Waals surface area (Å²) in [7, 11) is 0. The van der Waals surface area contributed by atoms with Gasteiger partial charge in [-0.3, -0.25) is 4.79 Å². The zero-order valence-corrected chi connectivity index (χ0v) is 8.71. The quantitative estimate of drug-likeness (QED) is 0.375. The second-order valence-corrected chi connectivity index (χ2v) is 4.75. The lowest BCUT2D eigenvalue weighted by Gasteiger charge is -2.25. The van der Waals surface area contributed by atoms with Gasteiger partial charge in [0.15, 0.2) is 0 Å². The van der Waals surface area contributed by atoms with Crippen molar-refractivity contribution in [2.45, 2.75) is 46.5 Å². The van der Waals surface area contributed by atoms with Gasteiger partial charge in [-0.15, -0.1) is 0 Å². The van der Waals surface area contributed by atoms with Crippen LogP contribution in [0, 0.1) is 5.41 Å². The summed E-state index contributed by atoms with van der Waals surface area (Å²) in [6.45, 7) is 8.96. The predicted molar refractivity (Wildman–Crippen MR) is 45.6 cm³/mol. The smallest absolute Gasteiger partial charge is 0.317 e. The van der Waals surface area contributed by atoms with Crippen LogP contribution in [0.3, 0.4) is 0 Å². The molecule has 1 aliphatic heterocycles. The zero-order valence-electron chi connectivity index (χ0n) is 8.71. The Morgan fingerprint density at radius 2 is 1.62 bits per heavy atom. The van der Waals surface area contributed by atoms with Crippen molar-refractivity contribution in [3.8, 4) is 0 Å². The van der Waals surface area contributed by atoms with Gasteiger partial charge in [0, 0.05) is 0 Å². The number of carbonyl (C=O) groups excluding carboxylic acids is 1. The molecule has 1 rings (SSSR count). The summed E-state index contributed by atoms with van der Waals surface area (Å²) in [5.41, 5.74) is -1.20. The Morgan fingerprint density at radius 1 is 1.15 bits per heavy atom. The normalized spacial score (nSPS) is 18.5. The van der Waals surface area contributed by atoms with Crippen molar-refractivity contribution in [2.75, 3.05) is 0 Å². The highest BCUT2D eigenvalue weighted by molar-refractivity contribution is 5.77. The summed E-state index contributed by atoms with van der Waals surface area (Å²) in [5, 5.41) is 0. The average Bonchev–Trinajstić information content (AvgIpc) is 2.62. The van der Waals surface area contributed by atoms with E-state index in [4.69, 9.17) is 4.74 Å². The Kier molecular flexibility index (Phi) is 2.38. The van der Waals surface area contributed by atoms with E-state index in [1.165, 1.54) is 0 Å². The second-order valence-electron chi connectivity index (χ2n) is 4.75. The zero-order chi connectivity index (χ0) is 10.3. The fourth-order valence-electron chi connectivity index (χ4n) is 0.774. The predicted octanol–water partition coefficient (Wildman–Crippen LogP) is 1.64. The highest BCUT2D eigenvalue weighted by Crippen LogP contribution is 2.35. The third-order valence-electron chi connectivity index (χ3n) is 1.71. The molecule has 1 fully saturated rings. The van der Waals surface area contributed by atoms with E-state index < -0.39 is 17.3 Å². The Labute approximate surface area is 78.1 Å². The summed E-state index contributed by atoms with van der Waals surface area (Å²) in [4.78, 5) is 20.8. The lowest BCUT2D eigenvalue weighted by Crippen LogP contribution is -2.37. The van der Waals surface area contributed by atoms with Crippen LogP contribution in [0.1, 0.15) is 34.6 Å². The van der Waals surface area contributed by atoms with E-state index in [0.717, 1.165) is 0 Å². The van der Waals surface area contributed by atoms with Gasteiger partial charge < -0.3 is 4.74 Å². The number of ether oxygens (including phenoxy) is 1. The van der Waals surface area contributed by atoms with Crippen molar-refractivity contribution in [3.63, 3.8) is 0 Å². The molecule has 4 nitrogen and oxygen atoms in total. The molecule has 0 spiro atoms. The van der Waals surface area contributed by atoms with E-state index in [1.54, 1.807) is 13.8 Å². The van der Waals surface area contributed by atoms with E-state index in [-0.39, 0.29) is 5.97 Å². The lowest BCUT2D eigenvalue weighted by molar-refractivity contribution is -0.167. The van der Waals surface area contributed by atoms with Crippen molar-refractivity contribution in [3.05, 3.63) is 0 Å². The monoisotopic (exact) mass is 188 g/mol. The number of hydrogen-bond acceptors (Lipinski definition) is 4. The minimum atomic E-state index is -0.729. The van der Waals surface area contributed by atoms with Gasteiger partial charge in [0.05, 0.1) is 0 Å². The first kappa shape index (κ1) is 10.5. The SMILES string of the molecule is CC(C)(C)OC(=O)C(C)(C)C1OO1. The summed E-state index contributed by atoms with van der Waals surface area (Å²) < 4.78 is 5.20. The highest BCUT2D eigenvalue weighted by atomic mass is 17.4. The van der Waals surface area contributed by atoms with Gasteiger partial charge >= 0.3 is 5.97 Å². The van der Waals surface area contributed by atoms with Gasteiger partial charge in [-0.05, 0) is 34.6 Å². The molecule has 0 N–H and O–H groups in total. The molecule has 1 heterocycles. The standard InChI is InChI=1S/C9H16O4/c1-8(2,3)11-6(10)9(4,5)7-12-13-7/h7H,1-5H3. The molecule has 1 saturated heterocycles. The van der Waals surface area contributed by atoms with Crippen LogP contribution < -0.4 is 0 Å². The first-order valence-electron chi connectivity index (χ1n) is 4.29. The van der Waals surface area contributed by atoms with Crippen molar-refractivity contribution >= 4 is 5.97 Å². The summed E-state index contributed by atoms with van der Waals surface area (Å²) in [6.07, 6.45) is -0.456. The molecule has 0 amide bonds. The fourth-order valence-corrected chi connectivity index (χ4v) is 0.774. The molecule has 76 valence electrons. The number of esters is 1. The van der Waals surface area contributed by atoms with Gasteiger partial charge in [-0.2, -0.15) is 9.78 Å². The van der Waals surface area contributed by atoms with Gasteiger partial charge in [0.1, 0.15) is 11.0 Å². The molecule has 13 heavy (non-hydrogen) atoms. The first-order chi connectivity index (χ1) is 5.73. The lowest BCUT2D eigenvalue weighted by atomic mass is 9.93. The topological polar surface area (TPSA) is 51.4 Å². The minimum absolute atomic E-state index is 0.303. The largest absolute Gasteiger partial charge is 0.459 e. The Hall–Kier alpha value is -0.610. The number of hydrogen-bond donors (Lipinski definition) is 0. The third kappa shape index (κ3) is 2.67. The average molecular weight is 188 g/mol. The Bertz CT molecular complexity index is 210. The van der Waals surface area contributed by atoms with Crippen LogP contribution in [0.25, 0.3) is 0 Å². The molecular weight excluding hydrogens is 172 g/mol. The summed E-state index contributed by atoms with van der Waals surface area (Å²) >= 11 is 0. The van der Waals surface area contributed by atoms with E-state index in [1.807, 2.05) is 20.8 Å². The van der Waals surface area contributed by atoms with Crippen LogP contribution in [0.2, 0.25) is 0 Å². The van der Waals surface area contributed by atoms with Crippen molar-refractivity contribution < 1.29 is 19.3 Å². The van der Waals surface area contributed by atoms with Crippen molar-refractivity contribution in [1.82, 2.24) is 0 Å². The van der Waals surface area contributed by atoms with Crippen LogP contribution in [0.4, 0.5) is 0 Å². The minimum Gasteiger partial charge on any atom is -0.459 e. The Morgan fingerprint density at radius 3 is 1.92 bits per heavy atom. The third-order valence-corrected chi connectivity index (χ3v) is 1.71. The van der Waals surface area contributed by atoms with Gasteiger partial charge in [0.25, 0.3) is 0 Å². The second kappa shape index (κ2) is 2.96. The molecule has 0 aromatic heterocycles. The van der Waals surface area contributed by atoms with Crippen LogP contribution in [0.5, 0.6) is 0 Å². The van der Waals surface area contributed by atoms with Gasteiger partial charge in [-0.1, -0.05) is 0 Å². The number of rotatable bonds is 2. The molecule has 0 radical (unpaired) electrons. The molecule has 0 aromatic rings. The van der Waals surface area contributed by atoms with Gasteiger partial charge in [-0.25, -0.2) is 0 Å². The van der Waals surface area contributed by atoms with Crippen molar-refractivity contribution in [2.24, 2.45) is 5.41 Å². The maximum absolute atomic E-state index is 11.6. The summed E-state index contributed by atoms with van der Waals surface area (Å²) in [5.74, 6) is -0.303. The molecule has 0 bridgehead atoms. The molecule has 0 aliphatic carbocycles. The molecule has 0 aromatic carbocycles. The van der Waals surface area contributed by atoms with Crippen LogP contribution in [-0.2, 0) is 19.3 Å². The fraction of sp³-hybridized carbons (Fsp3) is 0.889. The van der Waals surface area contributed by atoms with Gasteiger partial charge in [0.2, 0.25) is 6.29 Å². The molecule has 0 unspecified atom stereocenters. The molecular formula is C9H16O4. The van der Waals surface area contributed by atoms with E-state index in [2.05, 4.69) is 9.78 Å². The molecule has 0 atom stereocenters. The van der Waals surface area contributed by atoms with Crippen LogP contribution >= 0.6 is 0 Å². The first-order valence-corrected chi connectivity index (χ1v) is 4.29.